The van der Waals surface area contributed by atoms with E-state index in [1.807, 2.05) is 0 Å². The summed E-state index contributed by atoms with van der Waals surface area (Å²) in [5.41, 5.74) is -0.462. The molecule has 0 aromatic carbocycles. The number of esters is 1. The van der Waals surface area contributed by atoms with Gasteiger partial charge in [0.05, 0.1) is 12.0 Å². The molecule has 1 saturated heterocycles. The van der Waals surface area contributed by atoms with Gasteiger partial charge >= 0.3 is 11.9 Å². The average molecular weight is 212 g/mol. The molecule has 0 aromatic rings. The standard InChI is InChI=1S/C11H16O4/c12-9(13)7-8-3-1-2-4-11(8)5-6-15-10(11)14/h8H,1-7H2,(H,12,13)/t8-,11?/m1/s1. The number of hydrogen-bond donors (Lipinski definition) is 1. The van der Waals surface area contributed by atoms with E-state index in [4.69, 9.17) is 9.84 Å². The summed E-state index contributed by atoms with van der Waals surface area (Å²) in [6, 6.07) is 0. The molecule has 2 aliphatic rings. The molecule has 15 heavy (non-hydrogen) atoms. The molecule has 1 aliphatic heterocycles. The summed E-state index contributed by atoms with van der Waals surface area (Å²) in [6.45, 7) is 0.467. The maximum Gasteiger partial charge on any atom is 0.312 e. The van der Waals surface area contributed by atoms with Crippen molar-refractivity contribution in [2.45, 2.75) is 38.5 Å². The molecule has 1 spiro atoms. The van der Waals surface area contributed by atoms with Gasteiger partial charge in [0.25, 0.3) is 0 Å². The molecule has 4 heteroatoms. The van der Waals surface area contributed by atoms with Gasteiger partial charge in [-0.2, -0.15) is 0 Å². The van der Waals surface area contributed by atoms with Crippen molar-refractivity contribution in [3.8, 4) is 0 Å². The summed E-state index contributed by atoms with van der Waals surface area (Å²) >= 11 is 0. The Kier molecular flexibility index (Phi) is 2.67. The molecule has 2 fully saturated rings. The lowest BCUT2D eigenvalue weighted by atomic mass is 9.64. The quantitative estimate of drug-likeness (QED) is 0.706. The number of aliphatic carboxylic acids is 1. The average Bonchev–Trinajstić information content (AvgIpc) is 2.53. The molecule has 2 rings (SSSR count). The van der Waals surface area contributed by atoms with Crippen LogP contribution in [0, 0.1) is 11.3 Å². The van der Waals surface area contributed by atoms with E-state index < -0.39 is 11.4 Å². The monoisotopic (exact) mass is 212 g/mol. The van der Waals surface area contributed by atoms with Gasteiger partial charge in [-0.15, -0.1) is 0 Å². The maximum absolute atomic E-state index is 11.7. The molecule has 1 N–H and O–H groups in total. The van der Waals surface area contributed by atoms with Gasteiger partial charge in [-0.25, -0.2) is 0 Å². The molecular formula is C11H16O4. The van der Waals surface area contributed by atoms with Gasteiger partial charge in [0.15, 0.2) is 0 Å². The summed E-state index contributed by atoms with van der Waals surface area (Å²) in [5, 5.41) is 8.84. The predicted octanol–water partition coefficient (Wildman–Crippen LogP) is 1.58. The van der Waals surface area contributed by atoms with E-state index in [9.17, 15) is 9.59 Å². The smallest absolute Gasteiger partial charge is 0.312 e. The van der Waals surface area contributed by atoms with Gasteiger partial charge in [0.1, 0.15) is 0 Å². The van der Waals surface area contributed by atoms with Gasteiger partial charge in [-0.05, 0) is 25.2 Å². The summed E-state index contributed by atoms with van der Waals surface area (Å²) in [7, 11) is 0. The van der Waals surface area contributed by atoms with Crippen molar-refractivity contribution in [3.05, 3.63) is 0 Å². The van der Waals surface area contributed by atoms with Crippen molar-refractivity contribution in [3.63, 3.8) is 0 Å². The predicted molar refractivity (Wildman–Crippen MR) is 52.2 cm³/mol. The van der Waals surface area contributed by atoms with Crippen LogP contribution in [-0.4, -0.2) is 23.7 Å². The number of carbonyl (C=O) groups is 2. The van der Waals surface area contributed by atoms with Crippen molar-refractivity contribution >= 4 is 11.9 Å². The third-order valence-electron chi connectivity index (χ3n) is 3.82. The van der Waals surface area contributed by atoms with Crippen LogP contribution in [0.5, 0.6) is 0 Å². The first-order valence-electron chi connectivity index (χ1n) is 5.54. The zero-order valence-electron chi connectivity index (χ0n) is 8.70. The van der Waals surface area contributed by atoms with Crippen LogP contribution in [0.3, 0.4) is 0 Å². The molecule has 0 amide bonds. The molecule has 1 saturated carbocycles. The molecule has 0 aromatic heterocycles. The molecule has 1 aliphatic carbocycles. The van der Waals surface area contributed by atoms with Gasteiger partial charge in [0.2, 0.25) is 0 Å². The first-order valence-corrected chi connectivity index (χ1v) is 5.54. The Morgan fingerprint density at radius 2 is 2.27 bits per heavy atom. The van der Waals surface area contributed by atoms with Crippen molar-refractivity contribution in [1.82, 2.24) is 0 Å². The van der Waals surface area contributed by atoms with E-state index in [1.54, 1.807) is 0 Å². The molecule has 1 unspecified atom stereocenters. The normalized spacial score (nSPS) is 35.5. The highest BCUT2D eigenvalue weighted by atomic mass is 16.5. The van der Waals surface area contributed by atoms with Gasteiger partial charge in [0, 0.05) is 6.42 Å². The zero-order valence-corrected chi connectivity index (χ0v) is 8.70. The van der Waals surface area contributed by atoms with E-state index in [0.717, 1.165) is 25.7 Å². The Hall–Kier alpha value is -1.06. The van der Waals surface area contributed by atoms with Gasteiger partial charge in [-0.1, -0.05) is 12.8 Å². The molecule has 0 radical (unpaired) electrons. The minimum Gasteiger partial charge on any atom is -0.481 e. The van der Waals surface area contributed by atoms with E-state index in [0.29, 0.717) is 13.0 Å². The van der Waals surface area contributed by atoms with Crippen LogP contribution >= 0.6 is 0 Å². The van der Waals surface area contributed by atoms with Crippen LogP contribution in [0.4, 0.5) is 0 Å². The van der Waals surface area contributed by atoms with Crippen molar-refractivity contribution in [2.24, 2.45) is 11.3 Å². The van der Waals surface area contributed by atoms with Crippen molar-refractivity contribution in [1.29, 1.82) is 0 Å². The summed E-state index contributed by atoms with van der Waals surface area (Å²) < 4.78 is 5.03. The van der Waals surface area contributed by atoms with Crippen LogP contribution in [0.25, 0.3) is 0 Å². The van der Waals surface area contributed by atoms with Crippen molar-refractivity contribution < 1.29 is 19.4 Å². The largest absolute Gasteiger partial charge is 0.481 e. The first-order chi connectivity index (χ1) is 7.15. The fraction of sp³-hybridized carbons (Fsp3) is 0.818. The third-order valence-corrected chi connectivity index (χ3v) is 3.82. The first kappa shape index (κ1) is 10.5. The summed E-state index contributed by atoms with van der Waals surface area (Å²) in [5.74, 6) is -0.979. The SMILES string of the molecule is O=C(O)C[C@H]1CCCCC12CCOC2=O. The zero-order chi connectivity index (χ0) is 10.9. The Balaban J connectivity index is 2.18. The molecule has 84 valence electrons. The van der Waals surface area contributed by atoms with Crippen LogP contribution in [0.15, 0.2) is 0 Å². The Morgan fingerprint density at radius 1 is 1.47 bits per heavy atom. The minimum atomic E-state index is -0.805. The lowest BCUT2D eigenvalue weighted by Gasteiger charge is -2.37. The highest BCUT2D eigenvalue weighted by molar-refractivity contribution is 5.80. The fourth-order valence-corrected chi connectivity index (χ4v) is 2.99. The number of hydrogen-bond acceptors (Lipinski definition) is 3. The van der Waals surface area contributed by atoms with Gasteiger partial charge < -0.3 is 9.84 Å². The second-order valence-electron chi connectivity index (χ2n) is 4.58. The lowest BCUT2D eigenvalue weighted by molar-refractivity contribution is -0.152. The fourth-order valence-electron chi connectivity index (χ4n) is 2.99. The molecular weight excluding hydrogens is 196 g/mol. The molecule has 2 atom stereocenters. The second kappa shape index (κ2) is 3.83. The van der Waals surface area contributed by atoms with Crippen LogP contribution in [0.2, 0.25) is 0 Å². The number of carboxylic acids is 1. The number of carbonyl (C=O) groups excluding carboxylic acids is 1. The third kappa shape index (κ3) is 1.73. The van der Waals surface area contributed by atoms with E-state index in [2.05, 4.69) is 0 Å². The van der Waals surface area contributed by atoms with Crippen molar-refractivity contribution in [2.75, 3.05) is 6.61 Å². The molecule has 1 heterocycles. The molecule has 0 bridgehead atoms. The lowest BCUT2D eigenvalue weighted by Crippen LogP contribution is -2.39. The Morgan fingerprint density at radius 3 is 2.87 bits per heavy atom. The van der Waals surface area contributed by atoms with Gasteiger partial charge in [-0.3, -0.25) is 9.59 Å². The van der Waals surface area contributed by atoms with E-state index in [1.165, 1.54) is 0 Å². The highest BCUT2D eigenvalue weighted by Crippen LogP contribution is 2.49. The number of rotatable bonds is 2. The van der Waals surface area contributed by atoms with Crippen LogP contribution in [-0.2, 0) is 14.3 Å². The maximum atomic E-state index is 11.7. The van der Waals surface area contributed by atoms with Crippen LogP contribution in [0.1, 0.15) is 38.5 Å². The number of ether oxygens (including phenoxy) is 1. The Bertz CT molecular complexity index is 286. The number of carboxylic acid groups (broad SMARTS) is 1. The molecule has 4 nitrogen and oxygen atoms in total. The Labute approximate surface area is 88.6 Å². The van der Waals surface area contributed by atoms with E-state index >= 15 is 0 Å². The highest BCUT2D eigenvalue weighted by Gasteiger charge is 2.51. The second-order valence-corrected chi connectivity index (χ2v) is 4.58. The van der Waals surface area contributed by atoms with Crippen LogP contribution < -0.4 is 0 Å². The minimum absolute atomic E-state index is 0.0150. The van der Waals surface area contributed by atoms with E-state index in [-0.39, 0.29) is 18.3 Å². The summed E-state index contributed by atoms with van der Waals surface area (Å²) in [6.07, 6.45) is 4.53. The number of cyclic esters (lactones) is 1. The topological polar surface area (TPSA) is 63.6 Å². The summed E-state index contributed by atoms with van der Waals surface area (Å²) in [4.78, 5) is 22.5.